The first-order chi connectivity index (χ1) is 11.4. The Kier molecular flexibility index (Phi) is 5.84. The van der Waals surface area contributed by atoms with Gasteiger partial charge in [0.1, 0.15) is 5.75 Å². The van der Waals surface area contributed by atoms with Crippen molar-refractivity contribution in [1.29, 1.82) is 0 Å². The van der Waals surface area contributed by atoms with Gasteiger partial charge >= 0.3 is 12.0 Å². The van der Waals surface area contributed by atoms with Crippen molar-refractivity contribution >= 4 is 12.0 Å². The molecule has 24 heavy (non-hydrogen) atoms. The number of hydrogen-bond acceptors (Lipinski definition) is 4. The molecule has 1 aromatic carbocycles. The molecule has 0 fully saturated rings. The SMILES string of the molecule is COc1ccc([C@H]2NC(=O)NC(C)=C2C(=O)OCCC(C)C)cc1. The van der Waals surface area contributed by atoms with Gasteiger partial charge in [0.05, 0.1) is 25.3 Å². The quantitative estimate of drug-likeness (QED) is 0.785. The lowest BCUT2D eigenvalue weighted by atomic mass is 9.95. The van der Waals surface area contributed by atoms with Crippen molar-refractivity contribution < 1.29 is 19.1 Å². The maximum Gasteiger partial charge on any atom is 0.338 e. The molecule has 0 radical (unpaired) electrons. The lowest BCUT2D eigenvalue weighted by Gasteiger charge is -2.28. The summed E-state index contributed by atoms with van der Waals surface area (Å²) in [6.45, 7) is 6.20. The summed E-state index contributed by atoms with van der Waals surface area (Å²) < 4.78 is 10.5. The van der Waals surface area contributed by atoms with E-state index in [1.165, 1.54) is 0 Å². The molecule has 6 nitrogen and oxygen atoms in total. The van der Waals surface area contributed by atoms with Gasteiger partial charge in [-0.15, -0.1) is 0 Å². The standard InChI is InChI=1S/C18H24N2O4/c1-11(2)9-10-24-17(21)15-12(3)19-18(22)20-16(15)13-5-7-14(23-4)8-6-13/h5-8,11,16H,9-10H2,1-4H3,(H2,19,20,22)/t16-/m1/s1. The van der Waals surface area contributed by atoms with Crippen molar-refractivity contribution in [1.82, 2.24) is 10.6 Å². The fourth-order valence-electron chi connectivity index (χ4n) is 2.48. The van der Waals surface area contributed by atoms with Crippen LogP contribution in [0.4, 0.5) is 4.79 Å². The van der Waals surface area contributed by atoms with Crippen LogP contribution in [-0.2, 0) is 9.53 Å². The maximum absolute atomic E-state index is 12.5. The number of urea groups is 1. The Bertz CT molecular complexity index is 635. The average Bonchev–Trinajstić information content (AvgIpc) is 2.53. The molecule has 1 aromatic rings. The maximum atomic E-state index is 12.5. The van der Waals surface area contributed by atoms with Gasteiger partial charge in [-0.25, -0.2) is 9.59 Å². The number of methoxy groups -OCH3 is 1. The minimum atomic E-state index is -0.545. The van der Waals surface area contributed by atoms with E-state index in [2.05, 4.69) is 24.5 Å². The fourth-order valence-corrected chi connectivity index (χ4v) is 2.48. The van der Waals surface area contributed by atoms with Gasteiger partial charge in [0.15, 0.2) is 0 Å². The normalized spacial score (nSPS) is 17.4. The number of ether oxygens (including phenoxy) is 2. The van der Waals surface area contributed by atoms with E-state index in [0.717, 1.165) is 12.0 Å². The zero-order valence-corrected chi connectivity index (χ0v) is 14.5. The zero-order valence-electron chi connectivity index (χ0n) is 14.5. The van der Waals surface area contributed by atoms with Gasteiger partial charge in [0, 0.05) is 5.70 Å². The van der Waals surface area contributed by atoms with Crippen LogP contribution >= 0.6 is 0 Å². The van der Waals surface area contributed by atoms with Crippen molar-refractivity contribution in [2.45, 2.75) is 33.2 Å². The Balaban J connectivity index is 2.24. The number of hydrogen-bond donors (Lipinski definition) is 2. The van der Waals surface area contributed by atoms with Gasteiger partial charge in [0.25, 0.3) is 0 Å². The fraction of sp³-hybridized carbons (Fsp3) is 0.444. The number of rotatable bonds is 6. The molecule has 2 rings (SSSR count). The zero-order chi connectivity index (χ0) is 17.7. The number of benzene rings is 1. The van der Waals surface area contributed by atoms with Gasteiger partial charge in [-0.05, 0) is 37.0 Å². The number of esters is 1. The van der Waals surface area contributed by atoms with E-state index in [9.17, 15) is 9.59 Å². The molecule has 0 aromatic heterocycles. The second-order valence-corrected chi connectivity index (χ2v) is 6.16. The van der Waals surface area contributed by atoms with Gasteiger partial charge in [0.2, 0.25) is 0 Å². The molecule has 1 aliphatic heterocycles. The third-order valence-electron chi connectivity index (χ3n) is 3.87. The summed E-state index contributed by atoms with van der Waals surface area (Å²) in [6, 6.07) is 6.34. The number of nitrogens with one attached hydrogen (secondary N) is 2. The highest BCUT2D eigenvalue weighted by atomic mass is 16.5. The molecular weight excluding hydrogens is 308 g/mol. The molecule has 1 heterocycles. The molecule has 2 amide bonds. The number of carbonyl (C=O) groups is 2. The monoisotopic (exact) mass is 332 g/mol. The van der Waals surface area contributed by atoms with E-state index in [1.807, 2.05) is 12.1 Å². The van der Waals surface area contributed by atoms with E-state index in [4.69, 9.17) is 9.47 Å². The van der Waals surface area contributed by atoms with Crippen LogP contribution in [0.15, 0.2) is 35.5 Å². The largest absolute Gasteiger partial charge is 0.497 e. The van der Waals surface area contributed by atoms with Crippen LogP contribution in [0.25, 0.3) is 0 Å². The van der Waals surface area contributed by atoms with Crippen molar-refractivity contribution in [2.24, 2.45) is 5.92 Å². The predicted octanol–water partition coefficient (Wildman–Crippen LogP) is 2.91. The molecule has 0 saturated heterocycles. The van der Waals surface area contributed by atoms with Crippen LogP contribution < -0.4 is 15.4 Å². The van der Waals surface area contributed by atoms with Crippen LogP contribution in [0.3, 0.4) is 0 Å². The summed E-state index contributed by atoms with van der Waals surface area (Å²) in [4.78, 5) is 24.3. The van der Waals surface area contributed by atoms with Crippen molar-refractivity contribution in [3.8, 4) is 5.75 Å². The van der Waals surface area contributed by atoms with Gasteiger partial charge in [-0.1, -0.05) is 26.0 Å². The first kappa shape index (κ1) is 17.8. The second kappa shape index (κ2) is 7.86. The minimum absolute atomic E-state index is 0.341. The van der Waals surface area contributed by atoms with Crippen molar-refractivity contribution in [2.75, 3.05) is 13.7 Å². The van der Waals surface area contributed by atoms with E-state index in [0.29, 0.717) is 29.5 Å². The first-order valence-electron chi connectivity index (χ1n) is 8.01. The number of carbonyl (C=O) groups excluding carboxylic acids is 2. The van der Waals surface area contributed by atoms with Gasteiger partial charge in [-0.2, -0.15) is 0 Å². The van der Waals surface area contributed by atoms with Crippen LogP contribution in [0.2, 0.25) is 0 Å². The molecule has 0 bridgehead atoms. The molecule has 1 atom stereocenters. The summed E-state index contributed by atoms with van der Waals surface area (Å²) in [6.07, 6.45) is 0.797. The topological polar surface area (TPSA) is 76.7 Å². The van der Waals surface area contributed by atoms with Crippen LogP contribution in [0.1, 0.15) is 38.8 Å². The average molecular weight is 332 g/mol. The molecule has 130 valence electrons. The summed E-state index contributed by atoms with van der Waals surface area (Å²) in [5.74, 6) is 0.747. The Morgan fingerprint density at radius 1 is 1.25 bits per heavy atom. The molecule has 0 saturated carbocycles. The minimum Gasteiger partial charge on any atom is -0.497 e. The van der Waals surface area contributed by atoms with Crippen LogP contribution in [-0.4, -0.2) is 25.7 Å². The lowest BCUT2D eigenvalue weighted by Crippen LogP contribution is -2.45. The number of amides is 2. The summed E-state index contributed by atoms with van der Waals surface area (Å²) >= 11 is 0. The van der Waals surface area contributed by atoms with E-state index < -0.39 is 12.0 Å². The Hall–Kier alpha value is -2.50. The third-order valence-corrected chi connectivity index (χ3v) is 3.87. The number of allylic oxidation sites excluding steroid dienone is 1. The summed E-state index contributed by atoms with van der Waals surface area (Å²) in [7, 11) is 1.59. The Labute approximate surface area is 142 Å². The highest BCUT2D eigenvalue weighted by molar-refractivity contribution is 5.95. The molecule has 0 aliphatic carbocycles. The van der Waals surface area contributed by atoms with Crippen molar-refractivity contribution in [3.63, 3.8) is 0 Å². The highest BCUT2D eigenvalue weighted by Crippen LogP contribution is 2.28. The lowest BCUT2D eigenvalue weighted by molar-refractivity contribution is -0.139. The van der Waals surface area contributed by atoms with Gasteiger partial charge in [-0.3, -0.25) is 0 Å². The smallest absolute Gasteiger partial charge is 0.338 e. The first-order valence-corrected chi connectivity index (χ1v) is 8.01. The summed E-state index contributed by atoms with van der Waals surface area (Å²) in [5.41, 5.74) is 1.72. The third kappa shape index (κ3) is 4.28. The van der Waals surface area contributed by atoms with Crippen molar-refractivity contribution in [3.05, 3.63) is 41.1 Å². The van der Waals surface area contributed by atoms with E-state index >= 15 is 0 Å². The molecule has 0 unspecified atom stereocenters. The van der Waals surface area contributed by atoms with E-state index in [-0.39, 0.29) is 6.03 Å². The second-order valence-electron chi connectivity index (χ2n) is 6.16. The molecule has 2 N–H and O–H groups in total. The Morgan fingerprint density at radius 3 is 2.50 bits per heavy atom. The van der Waals surface area contributed by atoms with Gasteiger partial charge < -0.3 is 20.1 Å². The van der Waals surface area contributed by atoms with E-state index in [1.54, 1.807) is 26.2 Å². The molecular formula is C18H24N2O4. The molecule has 6 heteroatoms. The predicted molar refractivity (Wildman–Crippen MR) is 90.5 cm³/mol. The Morgan fingerprint density at radius 2 is 1.92 bits per heavy atom. The summed E-state index contributed by atoms with van der Waals surface area (Å²) in [5, 5.41) is 5.42. The van der Waals surface area contributed by atoms with Crippen LogP contribution in [0.5, 0.6) is 5.75 Å². The van der Waals surface area contributed by atoms with Crippen LogP contribution in [0, 0.1) is 5.92 Å². The highest BCUT2D eigenvalue weighted by Gasteiger charge is 2.32. The molecule has 0 spiro atoms. The molecule has 1 aliphatic rings.